The highest BCUT2D eigenvalue weighted by atomic mass is 19.1. The van der Waals surface area contributed by atoms with Crippen LogP contribution in [0.2, 0.25) is 0 Å². The number of piperidine rings is 1. The molecule has 6 heteroatoms. The number of aliphatic hydroxyl groups is 1. The number of anilines is 2. The summed E-state index contributed by atoms with van der Waals surface area (Å²) in [7, 11) is 0. The monoisotopic (exact) mass is 285 g/mol. The number of halogens is 2. The molecule has 0 bridgehead atoms. The molecule has 0 aromatic carbocycles. The predicted octanol–water partition coefficient (Wildman–Crippen LogP) is 2.53. The molecule has 1 aliphatic heterocycles. The quantitative estimate of drug-likeness (QED) is 0.873. The second-order valence-corrected chi connectivity index (χ2v) is 5.08. The van der Waals surface area contributed by atoms with Crippen LogP contribution in [0.25, 0.3) is 0 Å². The van der Waals surface area contributed by atoms with E-state index in [9.17, 15) is 13.9 Å². The third-order valence-electron chi connectivity index (χ3n) is 3.56. The van der Waals surface area contributed by atoms with Gasteiger partial charge in [0.2, 0.25) is 0 Å². The zero-order chi connectivity index (χ0) is 14.5. The molecule has 20 heavy (non-hydrogen) atoms. The lowest BCUT2D eigenvalue weighted by molar-refractivity contribution is 0.238. The number of pyridine rings is 1. The summed E-state index contributed by atoms with van der Waals surface area (Å²) in [6, 6.07) is 0.721. The topological polar surface area (TPSA) is 48.4 Å². The van der Waals surface area contributed by atoms with E-state index in [1.807, 2.05) is 6.92 Å². The molecule has 0 amide bonds. The minimum atomic E-state index is -0.683. The van der Waals surface area contributed by atoms with E-state index < -0.39 is 11.6 Å². The van der Waals surface area contributed by atoms with Gasteiger partial charge in [-0.2, -0.15) is 0 Å². The Morgan fingerprint density at radius 3 is 2.90 bits per heavy atom. The van der Waals surface area contributed by atoms with E-state index in [-0.39, 0.29) is 24.3 Å². The Balaban J connectivity index is 2.29. The fourth-order valence-corrected chi connectivity index (χ4v) is 2.49. The molecule has 0 aliphatic carbocycles. The third-order valence-corrected chi connectivity index (χ3v) is 3.56. The van der Waals surface area contributed by atoms with Gasteiger partial charge in [0.25, 0.3) is 0 Å². The van der Waals surface area contributed by atoms with Crippen molar-refractivity contribution in [1.29, 1.82) is 0 Å². The molecule has 0 spiro atoms. The summed E-state index contributed by atoms with van der Waals surface area (Å²) in [5, 5.41) is 12.3. The molecule has 1 unspecified atom stereocenters. The second-order valence-electron chi connectivity index (χ2n) is 5.08. The Morgan fingerprint density at radius 1 is 1.40 bits per heavy atom. The molecule has 1 aromatic heterocycles. The molecular formula is C14H21F2N3O. The molecule has 2 N–H and O–H groups in total. The maximum absolute atomic E-state index is 14.0. The van der Waals surface area contributed by atoms with Crippen LogP contribution < -0.4 is 10.2 Å². The molecule has 2 rings (SSSR count). The van der Waals surface area contributed by atoms with Crippen LogP contribution >= 0.6 is 0 Å². The zero-order valence-corrected chi connectivity index (χ0v) is 11.7. The van der Waals surface area contributed by atoms with E-state index in [1.54, 1.807) is 4.90 Å². The van der Waals surface area contributed by atoms with E-state index in [0.717, 1.165) is 31.7 Å². The van der Waals surface area contributed by atoms with Crippen molar-refractivity contribution in [2.24, 2.45) is 0 Å². The van der Waals surface area contributed by atoms with E-state index in [1.165, 1.54) is 0 Å². The Bertz CT molecular complexity index is 456. The Kier molecular flexibility index (Phi) is 5.11. The summed E-state index contributed by atoms with van der Waals surface area (Å²) in [5.74, 6) is -1.16. The first kappa shape index (κ1) is 15.0. The smallest absolute Gasteiger partial charge is 0.168 e. The van der Waals surface area contributed by atoms with Crippen molar-refractivity contribution < 1.29 is 13.9 Å². The van der Waals surface area contributed by atoms with Gasteiger partial charge >= 0.3 is 0 Å². The summed E-state index contributed by atoms with van der Waals surface area (Å²) < 4.78 is 27.7. The van der Waals surface area contributed by atoms with Crippen molar-refractivity contribution in [2.75, 3.05) is 29.9 Å². The van der Waals surface area contributed by atoms with Crippen LogP contribution in [0.1, 0.15) is 32.6 Å². The first-order valence-electron chi connectivity index (χ1n) is 7.14. The number of nitrogens with one attached hydrogen (secondary N) is 1. The lowest BCUT2D eigenvalue weighted by Gasteiger charge is -2.35. The van der Waals surface area contributed by atoms with Crippen LogP contribution in [0.15, 0.2) is 6.07 Å². The Morgan fingerprint density at radius 2 is 2.20 bits per heavy atom. The number of hydrogen-bond donors (Lipinski definition) is 2. The Hall–Kier alpha value is -1.43. The lowest BCUT2D eigenvalue weighted by atomic mass is 10.0. The molecule has 2 heterocycles. The first-order valence-corrected chi connectivity index (χ1v) is 7.14. The minimum absolute atomic E-state index is 0.0454. The minimum Gasteiger partial charge on any atom is -0.394 e. The van der Waals surface area contributed by atoms with Crippen LogP contribution in [-0.4, -0.2) is 35.8 Å². The summed E-state index contributed by atoms with van der Waals surface area (Å²) in [6.45, 7) is 3.13. The summed E-state index contributed by atoms with van der Waals surface area (Å²) in [5.41, 5.74) is 0. The molecule has 1 fully saturated rings. The lowest BCUT2D eigenvalue weighted by Crippen LogP contribution is -2.43. The zero-order valence-electron chi connectivity index (χ0n) is 11.7. The molecule has 1 atom stereocenters. The Labute approximate surface area is 117 Å². The van der Waals surface area contributed by atoms with Crippen LogP contribution in [0.5, 0.6) is 0 Å². The van der Waals surface area contributed by atoms with Crippen molar-refractivity contribution >= 4 is 11.6 Å². The van der Waals surface area contributed by atoms with E-state index in [4.69, 9.17) is 0 Å². The van der Waals surface area contributed by atoms with Crippen molar-refractivity contribution in [2.45, 2.75) is 38.6 Å². The normalized spacial score (nSPS) is 19.2. The van der Waals surface area contributed by atoms with Crippen LogP contribution in [0, 0.1) is 11.6 Å². The molecular weight excluding hydrogens is 264 g/mol. The van der Waals surface area contributed by atoms with Gasteiger partial charge in [-0.15, -0.1) is 0 Å². The molecule has 1 aliphatic rings. The number of hydrogen-bond acceptors (Lipinski definition) is 4. The van der Waals surface area contributed by atoms with Gasteiger partial charge in [-0.05, 0) is 25.7 Å². The maximum Gasteiger partial charge on any atom is 0.168 e. The average molecular weight is 285 g/mol. The van der Waals surface area contributed by atoms with E-state index in [2.05, 4.69) is 10.3 Å². The maximum atomic E-state index is 14.0. The van der Waals surface area contributed by atoms with E-state index >= 15 is 0 Å². The largest absolute Gasteiger partial charge is 0.394 e. The average Bonchev–Trinajstić information content (AvgIpc) is 2.46. The fourth-order valence-electron chi connectivity index (χ4n) is 2.49. The first-order chi connectivity index (χ1) is 9.67. The number of rotatable bonds is 5. The third kappa shape index (κ3) is 3.17. The molecule has 0 radical (unpaired) electrons. The summed E-state index contributed by atoms with van der Waals surface area (Å²) >= 11 is 0. The van der Waals surface area contributed by atoms with Gasteiger partial charge < -0.3 is 15.3 Å². The van der Waals surface area contributed by atoms with Gasteiger partial charge in [0.1, 0.15) is 0 Å². The molecule has 1 saturated heterocycles. The van der Waals surface area contributed by atoms with Gasteiger partial charge in [-0.3, -0.25) is 0 Å². The van der Waals surface area contributed by atoms with Gasteiger partial charge in [-0.1, -0.05) is 6.92 Å². The van der Waals surface area contributed by atoms with Crippen molar-refractivity contribution in [3.63, 3.8) is 0 Å². The molecule has 4 nitrogen and oxygen atoms in total. The SMILES string of the molecule is CCCNc1nc(N2CCCCC2CO)c(F)cc1F. The van der Waals surface area contributed by atoms with Crippen LogP contribution in [-0.2, 0) is 0 Å². The van der Waals surface area contributed by atoms with Crippen molar-refractivity contribution in [3.8, 4) is 0 Å². The molecule has 0 saturated carbocycles. The van der Waals surface area contributed by atoms with E-state index in [0.29, 0.717) is 13.1 Å². The van der Waals surface area contributed by atoms with Crippen molar-refractivity contribution in [1.82, 2.24) is 4.98 Å². The second kappa shape index (κ2) is 6.83. The summed E-state index contributed by atoms with van der Waals surface area (Å²) in [6.07, 6.45) is 3.56. The fraction of sp³-hybridized carbons (Fsp3) is 0.643. The predicted molar refractivity (Wildman–Crippen MR) is 75.0 cm³/mol. The van der Waals surface area contributed by atoms with Gasteiger partial charge in [0.05, 0.1) is 12.6 Å². The van der Waals surface area contributed by atoms with Gasteiger partial charge in [-0.25, -0.2) is 13.8 Å². The van der Waals surface area contributed by atoms with Crippen molar-refractivity contribution in [3.05, 3.63) is 17.7 Å². The van der Waals surface area contributed by atoms with Gasteiger partial charge in [0.15, 0.2) is 23.3 Å². The standard InChI is InChI=1S/C14H21F2N3O/c1-2-6-17-13-11(15)8-12(16)14(18-13)19-7-4-3-5-10(19)9-20/h8,10,20H,2-7,9H2,1H3,(H,17,18). The number of aliphatic hydroxyl groups excluding tert-OH is 1. The molecule has 1 aromatic rings. The van der Waals surface area contributed by atoms with Crippen LogP contribution in [0.3, 0.4) is 0 Å². The number of nitrogens with zero attached hydrogens (tertiary/aromatic N) is 2. The number of aromatic nitrogens is 1. The van der Waals surface area contributed by atoms with Gasteiger partial charge in [0, 0.05) is 19.2 Å². The van der Waals surface area contributed by atoms with Crippen LogP contribution in [0.4, 0.5) is 20.4 Å². The summed E-state index contributed by atoms with van der Waals surface area (Å²) in [4.78, 5) is 5.83. The highest BCUT2D eigenvalue weighted by Gasteiger charge is 2.26. The highest BCUT2D eigenvalue weighted by molar-refractivity contribution is 5.50. The molecule has 112 valence electrons. The highest BCUT2D eigenvalue weighted by Crippen LogP contribution is 2.28.